The van der Waals surface area contributed by atoms with E-state index in [0.29, 0.717) is 5.58 Å². The van der Waals surface area contributed by atoms with Gasteiger partial charge < -0.3 is 27.3 Å². The first-order chi connectivity index (χ1) is 35.9. The van der Waals surface area contributed by atoms with E-state index in [1.165, 1.54) is 16.3 Å². The summed E-state index contributed by atoms with van der Waals surface area (Å²) in [7, 11) is 0. The summed E-state index contributed by atoms with van der Waals surface area (Å²) in [6.45, 7) is 2.12. The number of para-hydroxylation sites is 1. The third-order valence-corrected chi connectivity index (χ3v) is 15.1. The number of hydrogen-bond acceptors (Lipinski definition) is 5. The van der Waals surface area contributed by atoms with E-state index < -0.39 is 0 Å². The molecule has 0 saturated carbocycles. The second kappa shape index (κ2) is 14.9. The van der Waals surface area contributed by atoms with Gasteiger partial charge in [-0.1, -0.05) is 78.4 Å². The van der Waals surface area contributed by atoms with Crippen LogP contribution >= 0.6 is 0 Å². The third kappa shape index (κ3) is 6.11. The zero-order valence-electron chi connectivity index (χ0n) is 39.2. The van der Waals surface area contributed by atoms with E-state index in [1.54, 1.807) is 12.1 Å². The molecule has 0 aliphatic heterocycles. The molecule has 0 unspecified atom stereocenters. The monoisotopic (exact) mass is 937 g/mol. The number of phenols is 1. The third-order valence-electron chi connectivity index (χ3n) is 15.1. The Hall–Kier alpha value is -9.78. The molecule has 342 valence electrons. The Morgan fingerprint density at radius 3 is 1.10 bits per heavy atom. The van der Waals surface area contributed by atoms with Gasteiger partial charge in [0.15, 0.2) is 0 Å². The molecule has 0 amide bonds. The summed E-state index contributed by atoms with van der Waals surface area (Å²) < 4.78 is 27.6. The zero-order valence-corrected chi connectivity index (χ0v) is 39.2. The number of hydrogen-bond donors (Lipinski definition) is 1. The molecule has 0 aliphatic rings. The van der Waals surface area contributed by atoms with Gasteiger partial charge in [0.1, 0.15) is 50.4 Å². The largest absolute Gasteiger partial charge is 0.508 e. The van der Waals surface area contributed by atoms with Crippen LogP contribution in [0.5, 0.6) is 5.75 Å². The highest BCUT2D eigenvalue weighted by Crippen LogP contribution is 2.43. The van der Waals surface area contributed by atoms with E-state index in [0.717, 1.165) is 143 Å². The summed E-state index contributed by atoms with van der Waals surface area (Å²) in [4.78, 5) is 0. The molecule has 6 heteroatoms. The molecule has 6 nitrogen and oxygen atoms in total. The first kappa shape index (κ1) is 40.0. The summed E-state index contributed by atoms with van der Waals surface area (Å²) >= 11 is 0. The Morgan fingerprint density at radius 2 is 0.616 bits per heavy atom. The van der Waals surface area contributed by atoms with Crippen molar-refractivity contribution in [3.8, 4) is 55.9 Å². The maximum Gasteiger partial charge on any atom is 0.139 e. The van der Waals surface area contributed by atoms with Gasteiger partial charge in [-0.25, -0.2) is 0 Å². The van der Waals surface area contributed by atoms with E-state index in [1.807, 2.05) is 12.1 Å². The summed E-state index contributed by atoms with van der Waals surface area (Å²) in [5.74, 6) is 0.186. The van der Waals surface area contributed by atoms with Gasteiger partial charge in [0.05, 0.1) is 11.0 Å². The number of phenolic OH excluding ortho intramolecular Hbond substituents is 1. The first-order valence-corrected chi connectivity index (χ1v) is 24.6. The molecule has 11 aromatic carbocycles. The van der Waals surface area contributed by atoms with Crippen molar-refractivity contribution in [1.29, 1.82) is 0 Å². The minimum atomic E-state index is 0.186. The fourth-order valence-corrected chi connectivity index (χ4v) is 11.5. The highest BCUT2D eigenvalue weighted by atomic mass is 16.3. The SMILES string of the molecule is Cc1ccc2oc3ccc(-c4ccc5oc6cc(-c7ccc8c(c7)c7cc(-c9ccc%10oc%11ccc(-c%12ccc%13oc%14cc(O)ccc%14c%13c%12)cc%11c%10c9)ccc7n8-c7ccccc7)ccc6c5c4)cc3c2c1. The minimum Gasteiger partial charge on any atom is -0.508 e. The van der Waals surface area contributed by atoms with Crippen molar-refractivity contribution in [2.24, 2.45) is 0 Å². The molecule has 0 radical (unpaired) electrons. The molecule has 0 spiro atoms. The van der Waals surface area contributed by atoms with Crippen molar-refractivity contribution in [3.05, 3.63) is 218 Å². The summed E-state index contributed by atoms with van der Waals surface area (Å²) in [6.07, 6.45) is 0. The number of furan rings is 4. The lowest BCUT2D eigenvalue weighted by molar-refractivity contribution is 0.475. The lowest BCUT2D eigenvalue weighted by atomic mass is 9.97. The van der Waals surface area contributed by atoms with E-state index >= 15 is 0 Å². The number of aromatic nitrogens is 1. The van der Waals surface area contributed by atoms with Crippen LogP contribution in [-0.4, -0.2) is 9.67 Å². The van der Waals surface area contributed by atoms with Crippen LogP contribution in [0.4, 0.5) is 0 Å². The smallest absolute Gasteiger partial charge is 0.139 e. The molecule has 1 N–H and O–H groups in total. The Kier molecular flexibility index (Phi) is 8.15. The normalized spacial score (nSPS) is 12.2. The number of rotatable bonds is 5. The van der Waals surface area contributed by atoms with Crippen LogP contribution in [0.25, 0.3) is 160 Å². The average molecular weight is 938 g/mol. The Labute approximate surface area is 415 Å². The number of aryl methyl sites for hydroxylation is 1. The molecule has 73 heavy (non-hydrogen) atoms. The van der Waals surface area contributed by atoms with Crippen LogP contribution in [0, 0.1) is 6.92 Å². The lowest BCUT2D eigenvalue weighted by Gasteiger charge is -2.08. The number of fused-ring (bicyclic) bond motifs is 15. The van der Waals surface area contributed by atoms with Crippen LogP contribution in [-0.2, 0) is 0 Å². The van der Waals surface area contributed by atoms with Crippen molar-refractivity contribution in [2.75, 3.05) is 0 Å². The predicted octanol–water partition coefficient (Wildman–Crippen LogP) is 19.1. The van der Waals surface area contributed by atoms with E-state index in [9.17, 15) is 5.11 Å². The molecule has 0 saturated heterocycles. The first-order valence-electron chi connectivity index (χ1n) is 24.6. The highest BCUT2D eigenvalue weighted by molar-refractivity contribution is 6.14. The van der Waals surface area contributed by atoms with Crippen molar-refractivity contribution < 1.29 is 22.8 Å². The second-order valence-electron chi connectivity index (χ2n) is 19.5. The van der Waals surface area contributed by atoms with Gasteiger partial charge in [0.2, 0.25) is 0 Å². The van der Waals surface area contributed by atoms with Gasteiger partial charge >= 0.3 is 0 Å². The standard InChI is InChI=1S/C67H39NO5/c1-37-7-21-60-52(27-37)55-32-43(14-24-63(55)70-60)40-11-22-61-53(30-40)48-17-8-45(35-66(48)72-61)39-10-20-59-51(29-39)50-28-38(9-19-58(50)68(59)46-5-3-2-4-6-46)42-13-25-64-56(33-42)57-34-44(15-26-65(57)71-64)41-12-23-62-54(31-41)49-18-16-47(69)36-67(49)73-62/h2-36,69H,1H3. The van der Waals surface area contributed by atoms with Gasteiger partial charge in [0, 0.05) is 65.6 Å². The van der Waals surface area contributed by atoms with Crippen LogP contribution in [0.1, 0.15) is 5.56 Å². The minimum absolute atomic E-state index is 0.186. The number of nitrogens with zero attached hydrogens (tertiary/aromatic N) is 1. The predicted molar refractivity (Wildman–Crippen MR) is 298 cm³/mol. The molecular formula is C67H39NO5. The second-order valence-corrected chi connectivity index (χ2v) is 19.5. The molecule has 16 aromatic rings. The number of aromatic hydroxyl groups is 1. The summed E-state index contributed by atoms with van der Waals surface area (Å²) in [6, 6.07) is 74.7. The Bertz CT molecular complexity index is 5000. The van der Waals surface area contributed by atoms with E-state index in [4.69, 9.17) is 17.7 Å². The topological polar surface area (TPSA) is 77.7 Å². The van der Waals surface area contributed by atoms with Crippen molar-refractivity contribution in [1.82, 2.24) is 4.57 Å². The Balaban J connectivity index is 0.787. The fourth-order valence-electron chi connectivity index (χ4n) is 11.5. The molecule has 5 heterocycles. The molecule has 0 aliphatic carbocycles. The average Bonchev–Trinajstić information content (AvgIpc) is 4.26. The summed E-state index contributed by atoms with van der Waals surface area (Å²) in [5, 5.41) is 20.9. The van der Waals surface area contributed by atoms with Gasteiger partial charge in [-0.3, -0.25) is 0 Å². The van der Waals surface area contributed by atoms with Gasteiger partial charge in [-0.2, -0.15) is 0 Å². The van der Waals surface area contributed by atoms with E-state index in [2.05, 4.69) is 200 Å². The highest BCUT2D eigenvalue weighted by Gasteiger charge is 2.19. The molecule has 5 aromatic heterocycles. The fraction of sp³-hybridized carbons (Fsp3) is 0.0149. The van der Waals surface area contributed by atoms with Gasteiger partial charge in [-0.05, 0) is 185 Å². The Morgan fingerprint density at radius 1 is 0.274 bits per heavy atom. The van der Waals surface area contributed by atoms with Crippen LogP contribution in [0.3, 0.4) is 0 Å². The van der Waals surface area contributed by atoms with Crippen LogP contribution < -0.4 is 0 Å². The molecular weight excluding hydrogens is 899 g/mol. The molecule has 0 atom stereocenters. The molecule has 0 fully saturated rings. The van der Waals surface area contributed by atoms with Crippen LogP contribution in [0.15, 0.2) is 230 Å². The van der Waals surface area contributed by atoms with Crippen LogP contribution in [0.2, 0.25) is 0 Å². The van der Waals surface area contributed by atoms with Crippen molar-refractivity contribution >= 4 is 110 Å². The molecule has 16 rings (SSSR count). The maximum absolute atomic E-state index is 10.1. The zero-order chi connectivity index (χ0) is 48.1. The van der Waals surface area contributed by atoms with Gasteiger partial charge in [0.25, 0.3) is 0 Å². The van der Waals surface area contributed by atoms with E-state index in [-0.39, 0.29) is 5.75 Å². The molecule has 0 bridgehead atoms. The lowest BCUT2D eigenvalue weighted by Crippen LogP contribution is -1.93. The van der Waals surface area contributed by atoms with Crippen molar-refractivity contribution in [2.45, 2.75) is 6.92 Å². The van der Waals surface area contributed by atoms with Gasteiger partial charge in [-0.15, -0.1) is 0 Å². The summed E-state index contributed by atoms with van der Waals surface area (Å²) in [5.41, 5.74) is 20.1. The maximum atomic E-state index is 10.1. The number of benzene rings is 11. The van der Waals surface area contributed by atoms with Crippen molar-refractivity contribution in [3.63, 3.8) is 0 Å². The quantitative estimate of drug-likeness (QED) is 0.186.